The zero-order valence-corrected chi connectivity index (χ0v) is 13.3. The molecule has 120 valence electrons. The van der Waals surface area contributed by atoms with Crippen molar-refractivity contribution in [2.75, 3.05) is 19.0 Å². The molecule has 1 fully saturated rings. The first-order chi connectivity index (χ1) is 10.6. The van der Waals surface area contributed by atoms with E-state index in [1.165, 1.54) is 0 Å². The van der Waals surface area contributed by atoms with E-state index in [1.54, 1.807) is 31.4 Å². The Morgan fingerprint density at radius 2 is 1.82 bits per heavy atom. The van der Waals surface area contributed by atoms with Gasteiger partial charge in [0.25, 0.3) is 0 Å². The van der Waals surface area contributed by atoms with Crippen molar-refractivity contribution in [2.45, 2.75) is 39.0 Å². The minimum Gasteiger partial charge on any atom is -0.497 e. The van der Waals surface area contributed by atoms with E-state index in [1.807, 2.05) is 0 Å². The summed E-state index contributed by atoms with van der Waals surface area (Å²) in [6.07, 6.45) is 4.39. The van der Waals surface area contributed by atoms with Crippen molar-refractivity contribution >= 4 is 17.5 Å². The van der Waals surface area contributed by atoms with Crippen molar-refractivity contribution in [2.24, 2.45) is 5.41 Å². The fourth-order valence-electron chi connectivity index (χ4n) is 2.35. The Kier molecular flexibility index (Phi) is 5.41. The summed E-state index contributed by atoms with van der Waals surface area (Å²) in [6.45, 7) is 2.76. The molecule has 5 nitrogen and oxygen atoms in total. The second kappa shape index (κ2) is 7.29. The molecule has 1 aromatic rings. The topological polar surface area (TPSA) is 67.4 Å². The Morgan fingerprint density at radius 1 is 1.14 bits per heavy atom. The average Bonchev–Trinajstić information content (AvgIpc) is 3.34. The van der Waals surface area contributed by atoms with Crippen LogP contribution in [0.5, 0.6) is 5.75 Å². The van der Waals surface area contributed by atoms with E-state index in [0.29, 0.717) is 25.1 Å². The highest BCUT2D eigenvalue weighted by Crippen LogP contribution is 2.46. The average molecular weight is 304 g/mol. The maximum Gasteiger partial charge on any atom is 0.240 e. The van der Waals surface area contributed by atoms with Gasteiger partial charge < -0.3 is 15.4 Å². The molecular formula is C17H24N2O3. The summed E-state index contributed by atoms with van der Waals surface area (Å²) >= 11 is 0. The molecular weight excluding hydrogens is 280 g/mol. The van der Waals surface area contributed by atoms with Crippen LogP contribution in [0.2, 0.25) is 0 Å². The molecule has 5 heteroatoms. The molecule has 1 aliphatic rings. The van der Waals surface area contributed by atoms with Crippen molar-refractivity contribution in [3.8, 4) is 5.75 Å². The lowest BCUT2D eigenvalue weighted by Gasteiger charge is -2.15. The van der Waals surface area contributed by atoms with Crippen LogP contribution < -0.4 is 15.4 Å². The van der Waals surface area contributed by atoms with Gasteiger partial charge in [-0.2, -0.15) is 0 Å². The van der Waals surface area contributed by atoms with Gasteiger partial charge in [-0.15, -0.1) is 0 Å². The van der Waals surface area contributed by atoms with Crippen molar-refractivity contribution in [1.29, 1.82) is 0 Å². The summed E-state index contributed by atoms with van der Waals surface area (Å²) in [5.41, 5.74) is -0.192. The molecule has 0 bridgehead atoms. The monoisotopic (exact) mass is 304 g/mol. The number of amides is 2. The molecule has 0 unspecified atom stereocenters. The van der Waals surface area contributed by atoms with E-state index in [-0.39, 0.29) is 11.8 Å². The number of ether oxygens (including phenoxy) is 1. The Labute approximate surface area is 131 Å². The Bertz CT molecular complexity index is 521. The predicted molar refractivity (Wildman–Crippen MR) is 85.8 cm³/mol. The predicted octanol–water partition coefficient (Wildman–Crippen LogP) is 2.72. The van der Waals surface area contributed by atoms with Crippen LogP contribution >= 0.6 is 0 Å². The van der Waals surface area contributed by atoms with Crippen LogP contribution in [0.15, 0.2) is 24.3 Å². The lowest BCUT2D eigenvalue weighted by molar-refractivity contribution is -0.134. The summed E-state index contributed by atoms with van der Waals surface area (Å²) in [6, 6.07) is 7.10. The maximum absolute atomic E-state index is 12.4. The van der Waals surface area contributed by atoms with Gasteiger partial charge >= 0.3 is 0 Å². The highest BCUT2D eigenvalue weighted by atomic mass is 16.5. The van der Waals surface area contributed by atoms with E-state index in [9.17, 15) is 9.59 Å². The van der Waals surface area contributed by atoms with Gasteiger partial charge in [0.05, 0.1) is 7.11 Å². The molecule has 0 saturated heterocycles. The zero-order valence-electron chi connectivity index (χ0n) is 13.3. The molecule has 2 amide bonds. The number of carbonyl (C=O) groups is 2. The SMILES string of the molecule is CCCCCNC(=O)C1(C(=O)Nc2ccc(OC)cc2)CC1. The number of hydrogen-bond acceptors (Lipinski definition) is 3. The van der Waals surface area contributed by atoms with Gasteiger partial charge in [0, 0.05) is 12.2 Å². The van der Waals surface area contributed by atoms with Gasteiger partial charge in [-0.25, -0.2) is 0 Å². The highest BCUT2D eigenvalue weighted by molar-refractivity contribution is 6.13. The van der Waals surface area contributed by atoms with E-state index < -0.39 is 5.41 Å². The van der Waals surface area contributed by atoms with Gasteiger partial charge in [0.15, 0.2) is 0 Å². The number of rotatable bonds is 8. The second-order valence-corrected chi connectivity index (χ2v) is 5.73. The number of anilines is 1. The van der Waals surface area contributed by atoms with Crippen LogP contribution in [0.4, 0.5) is 5.69 Å². The molecule has 0 atom stereocenters. The van der Waals surface area contributed by atoms with E-state index in [0.717, 1.165) is 25.0 Å². The van der Waals surface area contributed by atoms with Crippen molar-refractivity contribution in [3.63, 3.8) is 0 Å². The summed E-state index contributed by atoms with van der Waals surface area (Å²) < 4.78 is 5.08. The molecule has 2 rings (SSSR count). The second-order valence-electron chi connectivity index (χ2n) is 5.73. The first kappa shape index (κ1) is 16.3. The molecule has 0 heterocycles. The summed E-state index contributed by atoms with van der Waals surface area (Å²) in [5, 5.41) is 5.71. The van der Waals surface area contributed by atoms with Crippen LogP contribution in [0, 0.1) is 5.41 Å². The van der Waals surface area contributed by atoms with Gasteiger partial charge in [-0.3, -0.25) is 9.59 Å². The van der Waals surface area contributed by atoms with Gasteiger partial charge in [0.2, 0.25) is 11.8 Å². The molecule has 22 heavy (non-hydrogen) atoms. The molecule has 0 radical (unpaired) electrons. The number of nitrogens with one attached hydrogen (secondary N) is 2. The standard InChI is InChI=1S/C17H24N2O3/c1-3-4-5-12-18-15(20)17(10-11-17)16(21)19-13-6-8-14(22-2)9-7-13/h6-9H,3-5,10-12H2,1-2H3,(H,18,20)(H,19,21). The third kappa shape index (κ3) is 3.78. The lowest BCUT2D eigenvalue weighted by atomic mass is 10.0. The van der Waals surface area contributed by atoms with E-state index in [2.05, 4.69) is 17.6 Å². The number of hydrogen-bond donors (Lipinski definition) is 2. The lowest BCUT2D eigenvalue weighted by Crippen LogP contribution is -2.40. The molecule has 0 spiro atoms. The number of unbranched alkanes of at least 4 members (excludes halogenated alkanes) is 2. The fraction of sp³-hybridized carbons (Fsp3) is 0.529. The first-order valence-electron chi connectivity index (χ1n) is 7.86. The largest absolute Gasteiger partial charge is 0.497 e. The van der Waals surface area contributed by atoms with Crippen LogP contribution in [0.1, 0.15) is 39.0 Å². The molecule has 1 aliphatic carbocycles. The van der Waals surface area contributed by atoms with Crippen LogP contribution in [0.3, 0.4) is 0 Å². The normalized spacial score (nSPS) is 15.0. The van der Waals surface area contributed by atoms with E-state index in [4.69, 9.17) is 4.74 Å². The van der Waals surface area contributed by atoms with Crippen molar-refractivity contribution in [3.05, 3.63) is 24.3 Å². The van der Waals surface area contributed by atoms with Crippen LogP contribution in [-0.2, 0) is 9.59 Å². The van der Waals surface area contributed by atoms with Crippen molar-refractivity contribution in [1.82, 2.24) is 5.32 Å². The maximum atomic E-state index is 12.4. The number of benzene rings is 1. The van der Waals surface area contributed by atoms with Crippen LogP contribution in [0.25, 0.3) is 0 Å². The molecule has 1 saturated carbocycles. The zero-order chi connectivity index (χ0) is 16.0. The van der Waals surface area contributed by atoms with Gasteiger partial charge in [0.1, 0.15) is 11.2 Å². The minimum atomic E-state index is -0.869. The number of methoxy groups -OCH3 is 1. The third-order valence-corrected chi connectivity index (χ3v) is 4.03. The molecule has 0 aliphatic heterocycles. The quantitative estimate of drug-likeness (QED) is 0.573. The smallest absolute Gasteiger partial charge is 0.240 e. The summed E-state index contributed by atoms with van der Waals surface area (Å²) in [5.74, 6) is 0.369. The Hall–Kier alpha value is -2.04. The highest BCUT2D eigenvalue weighted by Gasteiger charge is 2.56. The third-order valence-electron chi connectivity index (χ3n) is 4.03. The molecule has 1 aromatic carbocycles. The van der Waals surface area contributed by atoms with E-state index >= 15 is 0 Å². The van der Waals surface area contributed by atoms with Gasteiger partial charge in [-0.1, -0.05) is 19.8 Å². The van der Waals surface area contributed by atoms with Crippen molar-refractivity contribution < 1.29 is 14.3 Å². The molecule has 0 aromatic heterocycles. The Morgan fingerprint density at radius 3 is 2.36 bits per heavy atom. The fourth-order valence-corrected chi connectivity index (χ4v) is 2.35. The summed E-state index contributed by atoms with van der Waals surface area (Å²) in [7, 11) is 1.59. The minimum absolute atomic E-state index is 0.144. The first-order valence-corrected chi connectivity index (χ1v) is 7.86. The van der Waals surface area contributed by atoms with Crippen LogP contribution in [-0.4, -0.2) is 25.5 Å². The number of carbonyl (C=O) groups excluding carboxylic acids is 2. The Balaban J connectivity index is 1.88. The van der Waals surface area contributed by atoms with Gasteiger partial charge in [-0.05, 0) is 43.5 Å². The summed E-state index contributed by atoms with van der Waals surface area (Å²) in [4.78, 5) is 24.6. The molecule has 2 N–H and O–H groups in total.